The standard InChI is InChI=1S/C27H20N4O3S/c32-23(15-35-27-29-26(16-10-11-16)31(30-27)18-6-2-1-3-7-18)28-17-12-13-21-22(14-17)25(34)20-9-5-4-8-19(20)24(21)33/h1-9,12-14,16H,10-11,15H2,(H,28,32). The second kappa shape index (κ2) is 8.63. The van der Waals surface area contributed by atoms with E-state index in [9.17, 15) is 14.4 Å². The van der Waals surface area contributed by atoms with Gasteiger partial charge in [0.05, 0.1) is 11.4 Å². The molecule has 3 aromatic carbocycles. The van der Waals surface area contributed by atoms with Crippen LogP contribution in [-0.4, -0.2) is 38.0 Å². The van der Waals surface area contributed by atoms with Gasteiger partial charge in [-0.2, -0.15) is 0 Å². The summed E-state index contributed by atoms with van der Waals surface area (Å²) >= 11 is 1.27. The predicted octanol–water partition coefficient (Wildman–Crippen LogP) is 4.65. The van der Waals surface area contributed by atoms with Crippen LogP contribution < -0.4 is 5.32 Å². The third-order valence-corrected chi connectivity index (χ3v) is 6.93. The van der Waals surface area contributed by atoms with Crippen LogP contribution in [0.2, 0.25) is 0 Å². The van der Waals surface area contributed by atoms with Crippen molar-refractivity contribution in [2.24, 2.45) is 0 Å². The van der Waals surface area contributed by atoms with E-state index in [2.05, 4.69) is 15.4 Å². The molecule has 1 fully saturated rings. The summed E-state index contributed by atoms with van der Waals surface area (Å²) in [4.78, 5) is 43.0. The summed E-state index contributed by atoms with van der Waals surface area (Å²) in [5, 5.41) is 8.00. The average Bonchev–Trinajstić information content (AvgIpc) is 3.65. The van der Waals surface area contributed by atoms with E-state index in [0.29, 0.717) is 39.0 Å². The molecule has 4 aromatic rings. The van der Waals surface area contributed by atoms with Crippen LogP contribution in [0.1, 0.15) is 56.4 Å². The molecule has 1 saturated carbocycles. The number of benzene rings is 3. The molecule has 172 valence electrons. The Balaban J connectivity index is 1.16. The van der Waals surface area contributed by atoms with Crippen LogP contribution in [0, 0.1) is 0 Å². The van der Waals surface area contributed by atoms with Gasteiger partial charge < -0.3 is 5.32 Å². The fraction of sp³-hybridized carbons (Fsp3) is 0.148. The van der Waals surface area contributed by atoms with Crippen molar-refractivity contribution < 1.29 is 14.4 Å². The highest BCUT2D eigenvalue weighted by Gasteiger charge is 2.31. The number of hydrogen-bond acceptors (Lipinski definition) is 6. The number of anilines is 1. The van der Waals surface area contributed by atoms with Gasteiger partial charge in [0.2, 0.25) is 11.1 Å². The van der Waals surface area contributed by atoms with Gasteiger partial charge in [-0.25, -0.2) is 9.67 Å². The molecule has 35 heavy (non-hydrogen) atoms. The number of fused-ring (bicyclic) bond motifs is 2. The van der Waals surface area contributed by atoms with Gasteiger partial charge in [0, 0.05) is 33.9 Å². The summed E-state index contributed by atoms with van der Waals surface area (Å²) in [6.45, 7) is 0. The van der Waals surface area contributed by atoms with Crippen LogP contribution in [-0.2, 0) is 4.79 Å². The molecule has 1 amide bonds. The number of carbonyl (C=O) groups is 3. The van der Waals surface area contributed by atoms with Crippen LogP contribution in [0.15, 0.2) is 78.0 Å². The Hall–Kier alpha value is -4.04. The quantitative estimate of drug-likeness (QED) is 0.356. The van der Waals surface area contributed by atoms with Crippen molar-refractivity contribution in [3.63, 3.8) is 0 Å². The molecule has 1 N–H and O–H groups in total. The minimum absolute atomic E-state index is 0.121. The van der Waals surface area contributed by atoms with Crippen molar-refractivity contribution in [2.45, 2.75) is 23.9 Å². The van der Waals surface area contributed by atoms with Gasteiger partial charge in [-0.15, -0.1) is 5.10 Å². The molecule has 0 saturated heterocycles. The Morgan fingerprint density at radius 3 is 2.26 bits per heavy atom. The number of rotatable bonds is 6. The number of nitrogens with zero attached hydrogens (tertiary/aromatic N) is 3. The zero-order chi connectivity index (χ0) is 23.9. The lowest BCUT2D eigenvalue weighted by molar-refractivity contribution is -0.113. The van der Waals surface area contributed by atoms with Crippen LogP contribution in [0.4, 0.5) is 5.69 Å². The van der Waals surface area contributed by atoms with E-state index in [1.165, 1.54) is 11.8 Å². The van der Waals surface area contributed by atoms with Gasteiger partial charge in [-0.1, -0.05) is 54.2 Å². The van der Waals surface area contributed by atoms with Crippen LogP contribution in [0.3, 0.4) is 0 Å². The number of thioether (sulfide) groups is 1. The van der Waals surface area contributed by atoms with Gasteiger partial charge in [0.1, 0.15) is 5.82 Å². The van der Waals surface area contributed by atoms with E-state index in [1.54, 1.807) is 42.5 Å². The van der Waals surface area contributed by atoms with E-state index < -0.39 is 0 Å². The molecular weight excluding hydrogens is 460 g/mol. The number of para-hydroxylation sites is 1. The summed E-state index contributed by atoms with van der Waals surface area (Å²) in [7, 11) is 0. The molecule has 6 rings (SSSR count). The maximum Gasteiger partial charge on any atom is 0.234 e. The highest BCUT2D eigenvalue weighted by molar-refractivity contribution is 7.99. The molecule has 8 heteroatoms. The summed E-state index contributed by atoms with van der Waals surface area (Å²) in [6.07, 6.45) is 2.19. The lowest BCUT2D eigenvalue weighted by Crippen LogP contribution is -2.21. The van der Waals surface area contributed by atoms with Gasteiger partial charge in [0.15, 0.2) is 11.6 Å². The van der Waals surface area contributed by atoms with Crippen LogP contribution in [0.25, 0.3) is 5.69 Å². The number of hydrogen-bond donors (Lipinski definition) is 1. The number of nitrogens with one attached hydrogen (secondary N) is 1. The largest absolute Gasteiger partial charge is 0.325 e. The molecule has 0 atom stereocenters. The first-order valence-electron chi connectivity index (χ1n) is 11.4. The van der Waals surface area contributed by atoms with E-state index in [1.807, 2.05) is 35.0 Å². The molecule has 0 unspecified atom stereocenters. The van der Waals surface area contributed by atoms with E-state index in [4.69, 9.17) is 0 Å². The second-order valence-electron chi connectivity index (χ2n) is 8.58. The molecule has 0 spiro atoms. The van der Waals surface area contributed by atoms with E-state index in [-0.39, 0.29) is 23.2 Å². The Morgan fingerprint density at radius 1 is 0.886 bits per heavy atom. The molecule has 1 heterocycles. The Morgan fingerprint density at radius 2 is 1.54 bits per heavy atom. The molecule has 0 bridgehead atoms. The third-order valence-electron chi connectivity index (χ3n) is 6.10. The zero-order valence-electron chi connectivity index (χ0n) is 18.6. The number of carbonyl (C=O) groups excluding carboxylic acids is 3. The molecular formula is C27H20N4O3S. The molecule has 1 aromatic heterocycles. The number of aromatic nitrogens is 3. The van der Waals surface area contributed by atoms with Gasteiger partial charge >= 0.3 is 0 Å². The lowest BCUT2D eigenvalue weighted by Gasteiger charge is -2.18. The van der Waals surface area contributed by atoms with Crippen molar-refractivity contribution in [3.05, 3.63) is 101 Å². The Bertz CT molecular complexity index is 1490. The van der Waals surface area contributed by atoms with E-state index >= 15 is 0 Å². The van der Waals surface area contributed by atoms with Crippen molar-refractivity contribution >= 4 is 34.9 Å². The average molecular weight is 481 g/mol. The van der Waals surface area contributed by atoms with Crippen LogP contribution >= 0.6 is 11.8 Å². The normalized spacial score (nSPS) is 14.4. The monoisotopic (exact) mass is 480 g/mol. The highest BCUT2D eigenvalue weighted by atomic mass is 32.2. The molecule has 0 aliphatic heterocycles. The van der Waals surface area contributed by atoms with Gasteiger partial charge in [-0.3, -0.25) is 14.4 Å². The number of amides is 1. The van der Waals surface area contributed by atoms with Crippen molar-refractivity contribution in [3.8, 4) is 5.69 Å². The maximum absolute atomic E-state index is 12.9. The SMILES string of the molecule is O=C(CSc1nc(C2CC2)n(-c2ccccc2)n1)Nc1ccc2c(c1)C(=O)c1ccccc1C2=O. The summed E-state index contributed by atoms with van der Waals surface area (Å²) in [6, 6.07) is 21.5. The number of ketones is 2. The first kappa shape index (κ1) is 21.5. The maximum atomic E-state index is 12.9. The topological polar surface area (TPSA) is 93.9 Å². The predicted molar refractivity (Wildman–Crippen MR) is 132 cm³/mol. The zero-order valence-corrected chi connectivity index (χ0v) is 19.4. The molecule has 7 nitrogen and oxygen atoms in total. The van der Waals surface area contributed by atoms with Crippen molar-refractivity contribution in [2.75, 3.05) is 11.1 Å². The first-order chi connectivity index (χ1) is 17.1. The van der Waals surface area contributed by atoms with Gasteiger partial charge in [-0.05, 0) is 43.2 Å². The summed E-state index contributed by atoms with van der Waals surface area (Å²) in [5.41, 5.74) is 2.87. The van der Waals surface area contributed by atoms with Crippen LogP contribution in [0.5, 0.6) is 0 Å². The summed E-state index contributed by atoms with van der Waals surface area (Å²) in [5.74, 6) is 0.812. The molecule has 2 aliphatic carbocycles. The minimum atomic E-state index is -0.242. The van der Waals surface area contributed by atoms with Gasteiger partial charge in [0.25, 0.3) is 0 Å². The Labute approximate surface area is 205 Å². The molecule has 0 radical (unpaired) electrons. The fourth-order valence-corrected chi connectivity index (χ4v) is 4.86. The Kier molecular flexibility index (Phi) is 5.30. The highest BCUT2D eigenvalue weighted by Crippen LogP contribution is 2.40. The first-order valence-corrected chi connectivity index (χ1v) is 12.3. The van der Waals surface area contributed by atoms with Crippen molar-refractivity contribution in [1.29, 1.82) is 0 Å². The summed E-state index contributed by atoms with van der Waals surface area (Å²) < 4.78 is 1.86. The molecule has 2 aliphatic rings. The second-order valence-corrected chi connectivity index (χ2v) is 9.52. The van der Waals surface area contributed by atoms with E-state index in [0.717, 1.165) is 24.4 Å². The third kappa shape index (κ3) is 4.06. The lowest BCUT2D eigenvalue weighted by atomic mass is 9.84. The smallest absolute Gasteiger partial charge is 0.234 e. The fourth-order valence-electron chi connectivity index (χ4n) is 4.23. The van der Waals surface area contributed by atoms with Crippen molar-refractivity contribution in [1.82, 2.24) is 14.8 Å². The minimum Gasteiger partial charge on any atom is -0.325 e.